The third-order valence-corrected chi connectivity index (χ3v) is 9.82. The van der Waals surface area contributed by atoms with E-state index in [1.807, 2.05) is 85.2 Å². The monoisotopic (exact) mass is 873 g/mol. The topological polar surface area (TPSA) is 44.2 Å². The van der Waals surface area contributed by atoms with Gasteiger partial charge in [-0.2, -0.15) is 0 Å². The summed E-state index contributed by atoms with van der Waals surface area (Å²) < 4.78 is 12.7. The zero-order chi connectivity index (χ0) is 35.7. The number of fused-ring (bicyclic) bond motifs is 4. The smallest absolute Gasteiger partial charge is 0.241 e. The molecule has 54 heavy (non-hydrogen) atoms. The Labute approximate surface area is 330 Å². The number of aryl methyl sites for hydroxylation is 2. The van der Waals surface area contributed by atoms with E-state index >= 15 is 0 Å². The molecule has 0 N–H and O–H groups in total. The SMILES string of the molecule is Cc1c[c-]c(-c2cc(-c3ccccc3)c(C)cn2)cc1.[Ir].[c-]1ccc2c(c1-c1cc(-c3ccccc3)ccn1)Oc1cccc3c1B2c1ccccc1O3. The molecule has 10 rings (SSSR count). The first-order chi connectivity index (χ1) is 26.1. The predicted molar refractivity (Wildman–Crippen MR) is 215 cm³/mol. The number of pyridine rings is 2. The predicted octanol–water partition coefficient (Wildman–Crippen LogP) is 9.77. The fourth-order valence-electron chi connectivity index (χ4n) is 7.17. The van der Waals surface area contributed by atoms with Crippen molar-refractivity contribution in [2.24, 2.45) is 0 Å². The van der Waals surface area contributed by atoms with E-state index in [0.29, 0.717) is 0 Å². The van der Waals surface area contributed by atoms with Crippen LogP contribution in [0.15, 0.2) is 164 Å². The molecule has 0 saturated heterocycles. The largest absolute Gasteiger partial charge is 0.503 e. The molecular weight excluding hydrogens is 840 g/mol. The van der Waals surface area contributed by atoms with Crippen molar-refractivity contribution in [2.45, 2.75) is 13.8 Å². The average Bonchev–Trinajstić information content (AvgIpc) is 3.22. The van der Waals surface area contributed by atoms with Crippen LogP contribution in [-0.4, -0.2) is 16.7 Å². The summed E-state index contributed by atoms with van der Waals surface area (Å²) in [5.41, 5.74) is 14.1. The molecular formula is C48H33BIrN2O2-2. The number of nitrogens with zero attached hydrogens (tertiary/aromatic N) is 2. The van der Waals surface area contributed by atoms with E-state index < -0.39 is 0 Å². The van der Waals surface area contributed by atoms with Crippen molar-refractivity contribution in [2.75, 3.05) is 0 Å². The maximum atomic E-state index is 6.52. The van der Waals surface area contributed by atoms with Gasteiger partial charge in [0.05, 0.1) is 0 Å². The standard InChI is InChI=1S/C29H17BNO2.C19H16N.Ir/c1-2-8-19(9-3-1)20-16-17-31-24(18-20)21-10-6-12-23-29(21)33-27-15-7-14-26-28(27)30(23)22-11-4-5-13-25(22)32-26;1-14-8-10-17(11-9-14)19-12-18(15(2)13-20-19)16-6-4-3-5-7-16;/h1-9,11-18H;3-10,12-13H,1-2H3;/q2*-1;. The summed E-state index contributed by atoms with van der Waals surface area (Å²) in [5, 5.41) is 0. The van der Waals surface area contributed by atoms with Gasteiger partial charge in [0, 0.05) is 43.7 Å². The van der Waals surface area contributed by atoms with Crippen molar-refractivity contribution < 1.29 is 29.6 Å². The third-order valence-electron chi connectivity index (χ3n) is 9.82. The maximum absolute atomic E-state index is 6.52. The second-order valence-corrected chi connectivity index (χ2v) is 13.3. The van der Waals surface area contributed by atoms with E-state index in [9.17, 15) is 0 Å². The van der Waals surface area contributed by atoms with Crippen LogP contribution >= 0.6 is 0 Å². The minimum atomic E-state index is 0. The molecule has 6 aromatic carbocycles. The van der Waals surface area contributed by atoms with Gasteiger partial charge in [0.15, 0.2) is 0 Å². The van der Waals surface area contributed by atoms with Gasteiger partial charge in [0.25, 0.3) is 0 Å². The van der Waals surface area contributed by atoms with Crippen molar-refractivity contribution in [1.82, 2.24) is 9.97 Å². The van der Waals surface area contributed by atoms with Crippen LogP contribution in [0, 0.1) is 26.0 Å². The van der Waals surface area contributed by atoms with Gasteiger partial charge in [-0.05, 0) is 75.9 Å². The van der Waals surface area contributed by atoms with E-state index in [0.717, 1.165) is 73.0 Å². The summed E-state index contributed by atoms with van der Waals surface area (Å²) in [6.45, 7) is 4.20. The quantitative estimate of drug-likeness (QED) is 0.131. The number of para-hydroxylation sites is 1. The number of benzene rings is 6. The van der Waals surface area contributed by atoms with E-state index in [2.05, 4.69) is 110 Å². The summed E-state index contributed by atoms with van der Waals surface area (Å²) in [4.78, 5) is 9.22. The molecule has 0 amide bonds. The first-order valence-electron chi connectivity index (χ1n) is 17.8. The fraction of sp³-hybridized carbons (Fsp3) is 0.0417. The van der Waals surface area contributed by atoms with Crippen molar-refractivity contribution >= 4 is 23.1 Å². The molecule has 4 heterocycles. The summed E-state index contributed by atoms with van der Waals surface area (Å²) in [6.07, 6.45) is 3.79. The van der Waals surface area contributed by atoms with Crippen LogP contribution in [0.25, 0.3) is 44.8 Å². The summed E-state index contributed by atoms with van der Waals surface area (Å²) in [7, 11) is 0. The van der Waals surface area contributed by atoms with E-state index in [1.54, 1.807) is 0 Å². The van der Waals surface area contributed by atoms with Gasteiger partial charge in [-0.15, -0.1) is 59.1 Å². The molecule has 261 valence electrons. The normalized spacial score (nSPS) is 11.6. The van der Waals surface area contributed by atoms with Gasteiger partial charge in [-0.3, -0.25) is 0 Å². The maximum Gasteiger partial charge on any atom is 0.241 e. The molecule has 0 unspecified atom stereocenters. The van der Waals surface area contributed by atoms with Crippen LogP contribution in [0.3, 0.4) is 0 Å². The van der Waals surface area contributed by atoms with Crippen molar-refractivity contribution in [1.29, 1.82) is 0 Å². The Hall–Kier alpha value is -6.07. The molecule has 2 aromatic heterocycles. The third kappa shape index (κ3) is 6.67. The van der Waals surface area contributed by atoms with Gasteiger partial charge >= 0.3 is 0 Å². The molecule has 1 radical (unpaired) electrons. The number of hydrogen-bond acceptors (Lipinski definition) is 4. The molecule has 6 heteroatoms. The number of hydrogen-bond donors (Lipinski definition) is 0. The van der Waals surface area contributed by atoms with Crippen LogP contribution in [-0.2, 0) is 20.1 Å². The average molecular weight is 873 g/mol. The Morgan fingerprint density at radius 3 is 2.07 bits per heavy atom. The molecule has 0 fully saturated rings. The Balaban J connectivity index is 0.000000170. The van der Waals surface area contributed by atoms with Crippen LogP contribution < -0.4 is 25.9 Å². The summed E-state index contributed by atoms with van der Waals surface area (Å²) in [5.74, 6) is 3.36. The second kappa shape index (κ2) is 15.1. The number of ether oxygens (including phenoxy) is 2. The molecule has 2 aliphatic heterocycles. The first-order valence-corrected chi connectivity index (χ1v) is 17.8. The minimum absolute atomic E-state index is 0. The first kappa shape index (κ1) is 35.0. The van der Waals surface area contributed by atoms with Gasteiger partial charge in [0.1, 0.15) is 17.2 Å². The van der Waals surface area contributed by atoms with Gasteiger partial charge in [0.2, 0.25) is 6.71 Å². The molecule has 0 spiro atoms. The Kier molecular flexibility index (Phi) is 9.80. The van der Waals surface area contributed by atoms with Gasteiger partial charge < -0.3 is 19.4 Å². The molecule has 0 bridgehead atoms. The van der Waals surface area contributed by atoms with E-state index in [1.165, 1.54) is 22.3 Å². The van der Waals surface area contributed by atoms with Crippen molar-refractivity contribution in [3.8, 4) is 67.8 Å². The van der Waals surface area contributed by atoms with E-state index in [-0.39, 0.29) is 26.8 Å². The molecule has 2 aliphatic rings. The Morgan fingerprint density at radius 1 is 0.574 bits per heavy atom. The van der Waals surface area contributed by atoms with Crippen molar-refractivity contribution in [3.63, 3.8) is 0 Å². The zero-order valence-electron chi connectivity index (χ0n) is 29.7. The molecule has 0 saturated carbocycles. The minimum Gasteiger partial charge on any atom is -0.503 e. The second-order valence-electron chi connectivity index (χ2n) is 13.3. The van der Waals surface area contributed by atoms with Crippen LogP contribution in [0.4, 0.5) is 0 Å². The Bertz CT molecular complexity index is 2600. The number of aromatic nitrogens is 2. The van der Waals surface area contributed by atoms with Gasteiger partial charge in [-0.25, -0.2) is 0 Å². The van der Waals surface area contributed by atoms with Crippen LogP contribution in [0.2, 0.25) is 0 Å². The van der Waals surface area contributed by atoms with Crippen LogP contribution in [0.5, 0.6) is 23.0 Å². The zero-order valence-corrected chi connectivity index (χ0v) is 32.1. The van der Waals surface area contributed by atoms with Crippen LogP contribution in [0.1, 0.15) is 11.1 Å². The van der Waals surface area contributed by atoms with Crippen molar-refractivity contribution in [3.05, 3.63) is 187 Å². The number of rotatable bonds is 4. The summed E-state index contributed by atoms with van der Waals surface area (Å²) in [6, 6.07) is 58.2. The molecule has 8 aromatic rings. The molecule has 4 nitrogen and oxygen atoms in total. The molecule has 0 aliphatic carbocycles. The van der Waals surface area contributed by atoms with E-state index in [4.69, 9.17) is 14.5 Å². The molecule has 0 atom stereocenters. The Morgan fingerprint density at radius 2 is 1.30 bits per heavy atom. The summed E-state index contributed by atoms with van der Waals surface area (Å²) >= 11 is 0. The fourth-order valence-corrected chi connectivity index (χ4v) is 7.17. The van der Waals surface area contributed by atoms with Gasteiger partial charge in [-0.1, -0.05) is 110 Å².